The summed E-state index contributed by atoms with van der Waals surface area (Å²) in [5.74, 6) is -3.18. The summed E-state index contributed by atoms with van der Waals surface area (Å²) in [6.45, 7) is 7.86. The van der Waals surface area contributed by atoms with E-state index in [1.54, 1.807) is 41.3 Å². The van der Waals surface area contributed by atoms with Gasteiger partial charge in [-0.2, -0.15) is 0 Å². The van der Waals surface area contributed by atoms with Crippen LogP contribution in [0.15, 0.2) is 79.9 Å². The van der Waals surface area contributed by atoms with Crippen LogP contribution >= 0.6 is 11.6 Å². The number of carbonyl (C=O) groups excluding carboxylic acids is 4. The summed E-state index contributed by atoms with van der Waals surface area (Å²) >= 11 is 6.56. The molecule has 0 aromatic heterocycles. The molecule has 0 unspecified atom stereocenters. The van der Waals surface area contributed by atoms with E-state index in [-0.39, 0.29) is 44.5 Å². The molecule has 1 spiro atoms. The molecule has 2 N–H and O–H groups in total. The molecule has 3 aliphatic rings. The zero-order valence-corrected chi connectivity index (χ0v) is 27.9. The Bertz CT molecular complexity index is 1500. The molecule has 2 aromatic carbocycles. The number of esters is 1. The minimum Gasteiger partial charge on any atom is -0.463 e. The molecule has 2 bridgehead atoms. The fraction of sp³-hybridized carbons (Fsp3) is 0.459. The van der Waals surface area contributed by atoms with Gasteiger partial charge in [-0.3, -0.25) is 19.2 Å². The van der Waals surface area contributed by atoms with Crippen molar-refractivity contribution in [1.82, 2.24) is 10.2 Å². The van der Waals surface area contributed by atoms with Crippen molar-refractivity contribution < 1.29 is 33.8 Å². The third-order valence-corrected chi connectivity index (χ3v) is 9.92. The lowest BCUT2D eigenvalue weighted by atomic mass is 9.70. The van der Waals surface area contributed by atoms with E-state index in [1.807, 2.05) is 30.3 Å². The number of nitrogens with zero attached hydrogens (tertiary/aromatic N) is 2. The first-order valence-electron chi connectivity index (χ1n) is 16.6. The molecular formula is C37H44ClN3O7. The molecule has 3 saturated heterocycles. The maximum Gasteiger partial charge on any atom is 0.306 e. The molecule has 0 saturated carbocycles. The highest BCUT2D eigenvalue weighted by atomic mass is 35.5. The summed E-state index contributed by atoms with van der Waals surface area (Å²) in [6.07, 6.45) is 6.08. The molecule has 0 aliphatic carbocycles. The van der Waals surface area contributed by atoms with Crippen LogP contribution < -0.4 is 10.2 Å². The van der Waals surface area contributed by atoms with Gasteiger partial charge >= 0.3 is 5.97 Å². The van der Waals surface area contributed by atoms with E-state index in [1.165, 1.54) is 4.90 Å². The lowest BCUT2D eigenvalue weighted by Crippen LogP contribution is -2.56. The van der Waals surface area contributed by atoms with Crippen molar-refractivity contribution in [3.05, 3.63) is 90.5 Å². The van der Waals surface area contributed by atoms with Crippen LogP contribution in [0, 0.1) is 11.8 Å². The average Bonchev–Trinajstić information content (AvgIpc) is 3.74. The van der Waals surface area contributed by atoms with Crippen LogP contribution in [0.4, 0.5) is 5.69 Å². The van der Waals surface area contributed by atoms with Gasteiger partial charge < -0.3 is 29.7 Å². The molecule has 11 heteroatoms. The fourth-order valence-corrected chi connectivity index (χ4v) is 7.68. The van der Waals surface area contributed by atoms with Gasteiger partial charge in [0, 0.05) is 26.1 Å². The summed E-state index contributed by atoms with van der Waals surface area (Å²) in [7, 11) is 0. The van der Waals surface area contributed by atoms with Gasteiger partial charge in [0.1, 0.15) is 18.2 Å². The van der Waals surface area contributed by atoms with Crippen molar-refractivity contribution in [3.63, 3.8) is 0 Å². The number of likely N-dealkylation sites (tertiary alicyclic amines) is 1. The first kappa shape index (κ1) is 35.3. The number of amides is 3. The first-order chi connectivity index (χ1) is 23.3. The molecular weight excluding hydrogens is 634 g/mol. The minimum atomic E-state index is -1.21. The van der Waals surface area contributed by atoms with Crippen LogP contribution in [-0.4, -0.2) is 77.7 Å². The molecule has 256 valence electrons. The second-order valence-corrected chi connectivity index (χ2v) is 13.0. The molecule has 0 radical (unpaired) electrons. The first-order valence-corrected chi connectivity index (χ1v) is 17.0. The molecule has 5 rings (SSSR count). The van der Waals surface area contributed by atoms with Gasteiger partial charge in [-0.05, 0) is 56.2 Å². The quantitative estimate of drug-likeness (QED) is 0.141. The van der Waals surface area contributed by atoms with E-state index < -0.39 is 47.5 Å². The van der Waals surface area contributed by atoms with Crippen molar-refractivity contribution in [2.75, 3.05) is 31.2 Å². The SMILES string of the molecule is C=CCCC(=O)OC[C@H](NC(=O)[C@@H]1[C@@H]2CC[C@]3(O2)[C@H](C(=O)N(CC=C)c2ccccc2Cl)N(CCCCCO)C(=O)[C@@H]13)c1ccccc1. The largest absolute Gasteiger partial charge is 0.463 e. The normalized spacial score (nSPS) is 24.5. The number of halogens is 1. The Labute approximate surface area is 286 Å². The molecule has 3 fully saturated rings. The average molecular weight is 678 g/mol. The number of anilines is 1. The monoisotopic (exact) mass is 677 g/mol. The number of unbranched alkanes of at least 4 members (excludes halogenated alkanes) is 2. The van der Waals surface area contributed by atoms with Crippen molar-refractivity contribution in [3.8, 4) is 0 Å². The third-order valence-electron chi connectivity index (χ3n) is 9.60. The van der Waals surface area contributed by atoms with Crippen LogP contribution in [0.25, 0.3) is 0 Å². The number of aliphatic hydroxyl groups excluding tert-OH is 1. The van der Waals surface area contributed by atoms with Crippen molar-refractivity contribution >= 4 is 41.0 Å². The molecule has 3 aliphatic heterocycles. The Morgan fingerprint density at radius 1 is 1.10 bits per heavy atom. The number of hydrogen-bond donors (Lipinski definition) is 2. The Kier molecular flexibility index (Phi) is 11.7. The zero-order chi connectivity index (χ0) is 34.3. The Morgan fingerprint density at radius 3 is 2.56 bits per heavy atom. The van der Waals surface area contributed by atoms with Crippen LogP contribution in [0.1, 0.15) is 56.6 Å². The van der Waals surface area contributed by atoms with E-state index in [4.69, 9.17) is 21.1 Å². The van der Waals surface area contributed by atoms with Gasteiger partial charge in [0.05, 0.1) is 34.7 Å². The summed E-state index contributed by atoms with van der Waals surface area (Å²) < 4.78 is 12.2. The number of aliphatic hydroxyl groups is 1. The highest BCUT2D eigenvalue weighted by Gasteiger charge is 2.74. The Balaban J connectivity index is 1.45. The number of benzene rings is 2. The molecule has 48 heavy (non-hydrogen) atoms. The topological polar surface area (TPSA) is 125 Å². The summed E-state index contributed by atoms with van der Waals surface area (Å²) in [5.41, 5.74) is 0.0294. The van der Waals surface area contributed by atoms with E-state index in [0.29, 0.717) is 49.2 Å². The number of fused-ring (bicyclic) bond motifs is 1. The number of ether oxygens (including phenoxy) is 2. The van der Waals surface area contributed by atoms with Crippen LogP contribution in [-0.2, 0) is 28.7 Å². The standard InChI is InChI=1S/C37H44ClN3O7/c1-3-5-18-30(43)47-24-27(25-14-8-6-9-15-25)39-34(44)31-29-19-20-37(48-29)32(31)35(45)41(22-12-7-13-23-42)33(37)36(46)40(21-4-2)28-17-11-10-16-26(28)38/h3-4,6,8-11,14-17,27,29,31-33,42H,1-2,5,7,12-13,18-24H2,(H,39,44)/t27-,29-,31+,32+,33-,37+/m0/s1. The number of nitrogens with one attached hydrogen (secondary N) is 1. The predicted octanol–water partition coefficient (Wildman–Crippen LogP) is 4.76. The zero-order valence-electron chi connectivity index (χ0n) is 27.1. The second kappa shape index (κ2) is 15.9. The predicted molar refractivity (Wildman–Crippen MR) is 182 cm³/mol. The summed E-state index contributed by atoms with van der Waals surface area (Å²) in [6, 6.07) is 14.6. The number of carbonyl (C=O) groups is 4. The van der Waals surface area contributed by atoms with E-state index in [2.05, 4.69) is 18.5 Å². The summed E-state index contributed by atoms with van der Waals surface area (Å²) in [4.78, 5) is 58.8. The molecule has 3 heterocycles. The number of para-hydroxylation sites is 1. The van der Waals surface area contributed by atoms with Crippen molar-refractivity contribution in [2.24, 2.45) is 11.8 Å². The minimum absolute atomic E-state index is 0.0294. The van der Waals surface area contributed by atoms with Gasteiger partial charge in [-0.25, -0.2) is 0 Å². The molecule has 10 nitrogen and oxygen atoms in total. The van der Waals surface area contributed by atoms with Crippen LogP contribution in [0.2, 0.25) is 5.02 Å². The molecule has 2 aromatic rings. The van der Waals surface area contributed by atoms with Crippen molar-refractivity contribution in [2.45, 2.75) is 68.7 Å². The maximum atomic E-state index is 14.7. The van der Waals surface area contributed by atoms with Gasteiger partial charge in [-0.1, -0.05) is 66.2 Å². The number of hydrogen-bond acceptors (Lipinski definition) is 7. The Morgan fingerprint density at radius 2 is 1.85 bits per heavy atom. The maximum absolute atomic E-state index is 14.7. The highest BCUT2D eigenvalue weighted by molar-refractivity contribution is 6.34. The number of rotatable bonds is 17. The smallest absolute Gasteiger partial charge is 0.306 e. The highest BCUT2D eigenvalue weighted by Crippen LogP contribution is 2.59. The lowest BCUT2D eigenvalue weighted by molar-refractivity contribution is -0.146. The lowest BCUT2D eigenvalue weighted by Gasteiger charge is -2.37. The van der Waals surface area contributed by atoms with Crippen molar-refractivity contribution in [1.29, 1.82) is 0 Å². The van der Waals surface area contributed by atoms with Gasteiger partial charge in [0.15, 0.2) is 0 Å². The number of allylic oxidation sites excluding steroid dienone is 1. The Hall–Kier alpha value is -3.99. The summed E-state index contributed by atoms with van der Waals surface area (Å²) in [5, 5.41) is 12.8. The van der Waals surface area contributed by atoms with E-state index in [0.717, 1.165) is 5.56 Å². The van der Waals surface area contributed by atoms with Crippen LogP contribution in [0.3, 0.4) is 0 Å². The fourth-order valence-electron chi connectivity index (χ4n) is 7.44. The van der Waals surface area contributed by atoms with Crippen LogP contribution in [0.5, 0.6) is 0 Å². The molecule has 3 amide bonds. The van der Waals surface area contributed by atoms with Gasteiger partial charge in [-0.15, -0.1) is 13.2 Å². The van der Waals surface area contributed by atoms with Gasteiger partial charge in [0.2, 0.25) is 11.8 Å². The second-order valence-electron chi connectivity index (χ2n) is 12.5. The molecule has 6 atom stereocenters. The van der Waals surface area contributed by atoms with E-state index >= 15 is 0 Å². The van der Waals surface area contributed by atoms with E-state index in [9.17, 15) is 24.3 Å². The van der Waals surface area contributed by atoms with Gasteiger partial charge in [0.25, 0.3) is 5.91 Å². The third kappa shape index (κ3) is 7.06.